The van der Waals surface area contributed by atoms with Crippen molar-refractivity contribution in [2.75, 3.05) is 4.90 Å². The van der Waals surface area contributed by atoms with Gasteiger partial charge in [-0.2, -0.15) is 0 Å². The number of nitrogens with zero attached hydrogens (tertiary/aromatic N) is 1. The second kappa shape index (κ2) is 4.13. The average molecular weight is 276 g/mol. The summed E-state index contributed by atoms with van der Waals surface area (Å²) in [7, 11) is 0. The van der Waals surface area contributed by atoms with Gasteiger partial charge in [-0.15, -0.1) is 0 Å². The summed E-state index contributed by atoms with van der Waals surface area (Å²) in [4.78, 5) is 37.2. The Labute approximate surface area is 114 Å². The van der Waals surface area contributed by atoms with Gasteiger partial charge in [-0.05, 0) is 43.5 Å². The molecule has 2 fully saturated rings. The molecule has 5 nitrogen and oxygen atoms in total. The van der Waals surface area contributed by atoms with Crippen LogP contribution in [0, 0.1) is 18.2 Å². The summed E-state index contributed by atoms with van der Waals surface area (Å²) in [6.45, 7) is 1.67. The molecule has 1 aromatic carbocycles. The van der Waals surface area contributed by atoms with Crippen molar-refractivity contribution < 1.29 is 18.8 Å². The van der Waals surface area contributed by atoms with Gasteiger partial charge in [0.15, 0.2) is 0 Å². The van der Waals surface area contributed by atoms with Gasteiger partial charge in [0.05, 0.1) is 5.69 Å². The molecule has 0 aromatic heterocycles. The molecule has 1 spiro atoms. The third-order valence-electron chi connectivity index (χ3n) is 3.96. The lowest BCUT2D eigenvalue weighted by atomic mass is 9.66. The van der Waals surface area contributed by atoms with Gasteiger partial charge >= 0.3 is 6.03 Å². The zero-order chi connectivity index (χ0) is 14.5. The van der Waals surface area contributed by atoms with Crippen LogP contribution in [0.3, 0.4) is 0 Å². The lowest BCUT2D eigenvalue weighted by Gasteiger charge is -2.44. The Morgan fingerprint density at radius 1 is 1.20 bits per heavy atom. The molecule has 20 heavy (non-hydrogen) atoms. The number of anilines is 1. The number of aryl methyl sites for hydroxylation is 1. The first-order chi connectivity index (χ1) is 9.44. The molecule has 1 heterocycles. The number of barbiturate groups is 1. The van der Waals surface area contributed by atoms with Gasteiger partial charge in [0, 0.05) is 0 Å². The lowest BCUT2D eigenvalue weighted by Crippen LogP contribution is -2.66. The first kappa shape index (κ1) is 12.8. The van der Waals surface area contributed by atoms with E-state index in [-0.39, 0.29) is 5.69 Å². The van der Waals surface area contributed by atoms with Crippen LogP contribution in [0.5, 0.6) is 0 Å². The maximum Gasteiger partial charge on any atom is 0.335 e. The zero-order valence-corrected chi connectivity index (χ0v) is 10.9. The minimum Gasteiger partial charge on any atom is -0.276 e. The highest BCUT2D eigenvalue weighted by atomic mass is 19.1. The predicted octanol–water partition coefficient (Wildman–Crippen LogP) is 1.89. The molecule has 1 aliphatic heterocycles. The van der Waals surface area contributed by atoms with E-state index in [1.165, 1.54) is 6.07 Å². The van der Waals surface area contributed by atoms with Crippen LogP contribution in [0.1, 0.15) is 24.8 Å². The smallest absolute Gasteiger partial charge is 0.276 e. The summed E-state index contributed by atoms with van der Waals surface area (Å²) < 4.78 is 13.5. The molecule has 0 radical (unpaired) electrons. The highest BCUT2D eigenvalue weighted by Gasteiger charge is 2.57. The Balaban J connectivity index is 2.05. The minimum atomic E-state index is -1.14. The van der Waals surface area contributed by atoms with E-state index in [0.29, 0.717) is 18.4 Å². The predicted molar refractivity (Wildman–Crippen MR) is 68.4 cm³/mol. The fraction of sp³-hybridized carbons (Fsp3) is 0.357. The lowest BCUT2D eigenvalue weighted by molar-refractivity contribution is -0.148. The SMILES string of the molecule is Cc1cc(F)cc(N2C(=O)NC(=O)C3(CCC3)C2=O)c1. The number of hydrogen-bond acceptors (Lipinski definition) is 3. The molecule has 1 saturated carbocycles. The van der Waals surface area contributed by atoms with Crippen LogP contribution < -0.4 is 10.2 Å². The standard InChI is InChI=1S/C14H13FN2O3/c1-8-5-9(15)7-10(6-8)17-12(19)14(3-2-4-14)11(18)16-13(17)20/h5-7H,2-4H2,1H3,(H,16,18,20). The Kier molecular flexibility index (Phi) is 2.64. The van der Waals surface area contributed by atoms with E-state index in [9.17, 15) is 18.8 Å². The largest absolute Gasteiger partial charge is 0.335 e. The summed E-state index contributed by atoms with van der Waals surface area (Å²) in [6, 6.07) is 3.15. The Bertz CT molecular complexity index is 617. The van der Waals surface area contributed by atoms with Crippen molar-refractivity contribution in [2.24, 2.45) is 5.41 Å². The van der Waals surface area contributed by atoms with Crippen LogP contribution in [0.15, 0.2) is 18.2 Å². The molecule has 2 aliphatic rings. The molecule has 1 N–H and O–H groups in total. The molecule has 0 unspecified atom stereocenters. The third kappa shape index (κ3) is 1.64. The number of hydrogen-bond donors (Lipinski definition) is 1. The number of rotatable bonds is 1. The second-order valence-corrected chi connectivity index (χ2v) is 5.32. The molecule has 104 valence electrons. The first-order valence-corrected chi connectivity index (χ1v) is 6.41. The summed E-state index contributed by atoms with van der Waals surface area (Å²) in [5.41, 5.74) is -0.391. The maximum atomic E-state index is 13.5. The number of urea groups is 1. The normalized spacial score (nSPS) is 20.9. The topological polar surface area (TPSA) is 66.5 Å². The molecule has 1 aromatic rings. The van der Waals surface area contributed by atoms with Crippen molar-refractivity contribution >= 4 is 23.5 Å². The molecule has 3 rings (SSSR count). The molecular formula is C14H13FN2O3. The molecule has 1 aliphatic carbocycles. The average Bonchev–Trinajstić information content (AvgIpc) is 2.24. The van der Waals surface area contributed by atoms with Crippen LogP contribution in [-0.4, -0.2) is 17.8 Å². The van der Waals surface area contributed by atoms with E-state index < -0.39 is 29.1 Å². The van der Waals surface area contributed by atoms with Crippen molar-refractivity contribution in [1.82, 2.24) is 5.32 Å². The van der Waals surface area contributed by atoms with Gasteiger partial charge in [-0.3, -0.25) is 14.9 Å². The van der Waals surface area contributed by atoms with Gasteiger partial charge in [-0.1, -0.05) is 6.42 Å². The Morgan fingerprint density at radius 3 is 2.45 bits per heavy atom. The highest BCUT2D eigenvalue weighted by molar-refractivity contribution is 6.30. The molecule has 4 amide bonds. The number of nitrogens with one attached hydrogen (secondary N) is 1. The van der Waals surface area contributed by atoms with Crippen LogP contribution in [0.4, 0.5) is 14.9 Å². The fourth-order valence-corrected chi connectivity index (χ4v) is 2.73. The summed E-state index contributed by atoms with van der Waals surface area (Å²) in [6.07, 6.45) is 1.62. The van der Waals surface area contributed by atoms with Crippen molar-refractivity contribution in [3.05, 3.63) is 29.6 Å². The Morgan fingerprint density at radius 2 is 1.90 bits per heavy atom. The third-order valence-corrected chi connectivity index (χ3v) is 3.96. The van der Waals surface area contributed by atoms with Gasteiger partial charge in [0.2, 0.25) is 5.91 Å². The fourth-order valence-electron chi connectivity index (χ4n) is 2.73. The van der Waals surface area contributed by atoms with Gasteiger partial charge in [0.1, 0.15) is 11.2 Å². The number of carbonyl (C=O) groups excluding carboxylic acids is 3. The van der Waals surface area contributed by atoms with Crippen LogP contribution in [-0.2, 0) is 9.59 Å². The maximum absolute atomic E-state index is 13.5. The van der Waals surface area contributed by atoms with Crippen molar-refractivity contribution in [3.63, 3.8) is 0 Å². The number of carbonyl (C=O) groups is 3. The minimum absolute atomic E-state index is 0.156. The monoisotopic (exact) mass is 276 g/mol. The second-order valence-electron chi connectivity index (χ2n) is 5.32. The molecular weight excluding hydrogens is 263 g/mol. The first-order valence-electron chi connectivity index (χ1n) is 6.41. The van der Waals surface area contributed by atoms with E-state index in [2.05, 4.69) is 5.32 Å². The summed E-state index contributed by atoms with van der Waals surface area (Å²) in [5.74, 6) is -1.62. The Hall–Kier alpha value is -2.24. The molecule has 0 bridgehead atoms. The van der Waals surface area contributed by atoms with E-state index in [4.69, 9.17) is 0 Å². The number of amides is 4. The van der Waals surface area contributed by atoms with Gasteiger partial charge in [0.25, 0.3) is 5.91 Å². The van der Waals surface area contributed by atoms with Gasteiger partial charge in [-0.25, -0.2) is 14.1 Å². The quantitative estimate of drug-likeness (QED) is 0.796. The van der Waals surface area contributed by atoms with Crippen LogP contribution in [0.2, 0.25) is 0 Å². The highest BCUT2D eigenvalue weighted by Crippen LogP contribution is 2.45. The van der Waals surface area contributed by atoms with E-state index >= 15 is 0 Å². The van der Waals surface area contributed by atoms with Crippen molar-refractivity contribution in [1.29, 1.82) is 0 Å². The van der Waals surface area contributed by atoms with Gasteiger partial charge < -0.3 is 0 Å². The van der Waals surface area contributed by atoms with Crippen LogP contribution >= 0.6 is 0 Å². The zero-order valence-electron chi connectivity index (χ0n) is 10.9. The van der Waals surface area contributed by atoms with E-state index in [1.807, 2.05) is 0 Å². The number of halogens is 1. The number of imide groups is 2. The van der Waals surface area contributed by atoms with E-state index in [1.54, 1.807) is 13.0 Å². The molecule has 6 heteroatoms. The summed E-state index contributed by atoms with van der Waals surface area (Å²) in [5, 5.41) is 2.19. The number of benzene rings is 1. The molecule has 1 saturated heterocycles. The van der Waals surface area contributed by atoms with Crippen LogP contribution in [0.25, 0.3) is 0 Å². The van der Waals surface area contributed by atoms with Crippen molar-refractivity contribution in [3.8, 4) is 0 Å². The molecule has 0 atom stereocenters. The van der Waals surface area contributed by atoms with Crippen molar-refractivity contribution in [2.45, 2.75) is 26.2 Å². The van der Waals surface area contributed by atoms with E-state index in [0.717, 1.165) is 17.4 Å². The summed E-state index contributed by atoms with van der Waals surface area (Å²) >= 11 is 0.